The fourth-order valence-electron chi connectivity index (χ4n) is 1.51. The van der Waals surface area contributed by atoms with Crippen LogP contribution in [0.3, 0.4) is 0 Å². The van der Waals surface area contributed by atoms with E-state index in [1.807, 2.05) is 24.3 Å². The zero-order chi connectivity index (χ0) is 9.26. The van der Waals surface area contributed by atoms with Gasteiger partial charge in [-0.25, -0.2) is 0 Å². The predicted octanol–water partition coefficient (Wildman–Crippen LogP) is 3.03. The van der Waals surface area contributed by atoms with Gasteiger partial charge in [-0.1, -0.05) is 6.07 Å². The summed E-state index contributed by atoms with van der Waals surface area (Å²) in [6.45, 7) is 3.99. The molecule has 0 spiro atoms. The van der Waals surface area contributed by atoms with Crippen molar-refractivity contribution >= 4 is 10.8 Å². The molecule has 0 heterocycles. The Morgan fingerprint density at radius 3 is 2.62 bits per heavy atom. The Kier molecular flexibility index (Phi) is 1.85. The molecule has 0 radical (unpaired) electrons. The summed E-state index contributed by atoms with van der Waals surface area (Å²) in [4.78, 5) is 0. The highest BCUT2D eigenvalue weighted by Gasteiger charge is 2.11. The largest absolute Gasteiger partial charge is 0.437 e. The number of methoxy groups -OCH3 is 1. The molecule has 2 rings (SSSR count). The first-order valence-corrected chi connectivity index (χ1v) is 4.20. The van der Waals surface area contributed by atoms with Crippen molar-refractivity contribution < 1.29 is 4.74 Å². The molecule has 0 atom stereocenters. The Labute approximate surface area is 78.0 Å². The fraction of sp³-hybridized carbons (Fsp3) is 0.0833. The molecule has 2 aromatic carbocycles. The van der Waals surface area contributed by atoms with Crippen LogP contribution in [0.15, 0.2) is 36.4 Å². The van der Waals surface area contributed by atoms with Gasteiger partial charge in [-0.05, 0) is 18.2 Å². The first kappa shape index (κ1) is 7.99. The molecule has 1 heteroatoms. The first-order valence-electron chi connectivity index (χ1n) is 4.20. The monoisotopic (exact) mass is 171 g/mol. The van der Waals surface area contributed by atoms with Crippen LogP contribution >= 0.6 is 0 Å². The predicted molar refractivity (Wildman–Crippen MR) is 55.0 cm³/mol. The summed E-state index contributed by atoms with van der Waals surface area (Å²) < 4.78 is 5.19. The van der Waals surface area contributed by atoms with Crippen LogP contribution in [-0.4, -0.2) is 7.11 Å². The third-order valence-electron chi connectivity index (χ3n) is 2.22. The molecular weight excluding hydrogens is 160 g/mol. The average Bonchev–Trinajstić information content (AvgIpc) is 2.19. The van der Waals surface area contributed by atoms with Gasteiger partial charge < -0.3 is 4.74 Å². The van der Waals surface area contributed by atoms with E-state index in [2.05, 4.69) is 19.1 Å². The number of hydrogen-bond donors (Lipinski definition) is 0. The highest BCUT2D eigenvalue weighted by molar-refractivity contribution is 5.88. The maximum absolute atomic E-state index is 5.19. The SMILES string of the molecule is [CH2+]c1c(OC)ccc2ccccc12. The number of benzene rings is 2. The van der Waals surface area contributed by atoms with Gasteiger partial charge in [0, 0.05) is 24.4 Å². The Balaban J connectivity index is 2.79. The maximum Gasteiger partial charge on any atom is 0.231 e. The lowest BCUT2D eigenvalue weighted by atomic mass is 10.1. The normalized spacial score (nSPS) is 10.2. The van der Waals surface area contributed by atoms with Crippen molar-refractivity contribution in [3.05, 3.63) is 48.9 Å². The molecule has 0 aliphatic rings. The van der Waals surface area contributed by atoms with E-state index in [9.17, 15) is 0 Å². The van der Waals surface area contributed by atoms with Crippen molar-refractivity contribution in [3.8, 4) is 5.75 Å². The van der Waals surface area contributed by atoms with E-state index in [0.29, 0.717) is 0 Å². The Morgan fingerprint density at radius 1 is 1.08 bits per heavy atom. The second-order valence-electron chi connectivity index (χ2n) is 2.97. The van der Waals surface area contributed by atoms with Crippen LogP contribution < -0.4 is 4.74 Å². The van der Waals surface area contributed by atoms with E-state index in [4.69, 9.17) is 4.74 Å². The number of ether oxygens (including phenoxy) is 1. The highest BCUT2D eigenvalue weighted by Crippen LogP contribution is 2.26. The molecular formula is C12H11O+. The Morgan fingerprint density at radius 2 is 1.85 bits per heavy atom. The highest BCUT2D eigenvalue weighted by atomic mass is 16.5. The van der Waals surface area contributed by atoms with Crippen LogP contribution in [0.1, 0.15) is 5.56 Å². The Hall–Kier alpha value is -1.63. The van der Waals surface area contributed by atoms with E-state index >= 15 is 0 Å². The smallest absolute Gasteiger partial charge is 0.231 e. The molecule has 0 amide bonds. The first-order chi connectivity index (χ1) is 6.33. The van der Waals surface area contributed by atoms with Crippen molar-refractivity contribution in [1.82, 2.24) is 0 Å². The topological polar surface area (TPSA) is 9.23 Å². The summed E-state index contributed by atoms with van der Waals surface area (Å²) in [7, 11) is 1.67. The minimum absolute atomic E-state index is 0.846. The minimum Gasteiger partial charge on any atom is -0.437 e. The van der Waals surface area contributed by atoms with Gasteiger partial charge in [0.15, 0.2) is 5.56 Å². The molecule has 0 aliphatic heterocycles. The third-order valence-corrected chi connectivity index (χ3v) is 2.22. The zero-order valence-electron chi connectivity index (χ0n) is 7.58. The average molecular weight is 171 g/mol. The van der Waals surface area contributed by atoms with Crippen LogP contribution in [-0.2, 0) is 0 Å². The van der Waals surface area contributed by atoms with Gasteiger partial charge in [-0.3, -0.25) is 0 Å². The van der Waals surface area contributed by atoms with Crippen molar-refractivity contribution in [2.45, 2.75) is 0 Å². The van der Waals surface area contributed by atoms with Gasteiger partial charge in [0.1, 0.15) is 0 Å². The van der Waals surface area contributed by atoms with Gasteiger partial charge in [0.2, 0.25) is 5.75 Å². The molecule has 0 N–H and O–H groups in total. The fourth-order valence-corrected chi connectivity index (χ4v) is 1.51. The quantitative estimate of drug-likeness (QED) is 0.599. The van der Waals surface area contributed by atoms with E-state index in [1.165, 1.54) is 5.39 Å². The van der Waals surface area contributed by atoms with Gasteiger partial charge >= 0.3 is 0 Å². The Bertz CT molecular complexity index is 432. The van der Waals surface area contributed by atoms with Crippen molar-refractivity contribution in [2.24, 2.45) is 0 Å². The van der Waals surface area contributed by atoms with Crippen molar-refractivity contribution in [3.63, 3.8) is 0 Å². The van der Waals surface area contributed by atoms with Crippen LogP contribution in [0.2, 0.25) is 0 Å². The molecule has 64 valence electrons. The van der Waals surface area contributed by atoms with Crippen molar-refractivity contribution in [2.75, 3.05) is 7.11 Å². The van der Waals surface area contributed by atoms with Gasteiger partial charge in [-0.2, -0.15) is 0 Å². The lowest BCUT2D eigenvalue weighted by Gasteiger charge is -1.98. The number of fused-ring (bicyclic) bond motifs is 1. The van der Waals surface area contributed by atoms with E-state index in [1.54, 1.807) is 7.11 Å². The molecule has 0 aromatic heterocycles. The molecule has 0 aliphatic carbocycles. The van der Waals surface area contributed by atoms with E-state index in [0.717, 1.165) is 16.7 Å². The molecule has 0 saturated heterocycles. The molecule has 0 bridgehead atoms. The minimum atomic E-state index is 0.846. The lowest BCUT2D eigenvalue weighted by Crippen LogP contribution is -1.87. The van der Waals surface area contributed by atoms with Crippen LogP contribution in [0.25, 0.3) is 10.8 Å². The van der Waals surface area contributed by atoms with Crippen molar-refractivity contribution in [1.29, 1.82) is 0 Å². The van der Waals surface area contributed by atoms with Crippen LogP contribution in [0.4, 0.5) is 0 Å². The summed E-state index contributed by atoms with van der Waals surface area (Å²) in [5, 5.41) is 2.36. The van der Waals surface area contributed by atoms with E-state index in [-0.39, 0.29) is 0 Å². The van der Waals surface area contributed by atoms with Gasteiger partial charge in [0.05, 0.1) is 12.5 Å². The molecule has 0 unspecified atom stereocenters. The van der Waals surface area contributed by atoms with Gasteiger partial charge in [0.25, 0.3) is 0 Å². The maximum atomic E-state index is 5.19. The lowest BCUT2D eigenvalue weighted by molar-refractivity contribution is 0.414. The summed E-state index contributed by atoms with van der Waals surface area (Å²) >= 11 is 0. The van der Waals surface area contributed by atoms with Gasteiger partial charge in [-0.15, -0.1) is 0 Å². The molecule has 1 nitrogen and oxygen atoms in total. The second kappa shape index (κ2) is 3.02. The number of hydrogen-bond acceptors (Lipinski definition) is 1. The standard InChI is InChI=1S/C12H11O/c1-9-11-6-4-3-5-10(11)7-8-12(9)13-2/h3-8H,1H2,2H3/q+1. The van der Waals surface area contributed by atoms with Crippen LogP contribution in [0, 0.1) is 6.92 Å². The molecule has 0 fully saturated rings. The second-order valence-corrected chi connectivity index (χ2v) is 2.97. The molecule has 2 aromatic rings. The summed E-state index contributed by atoms with van der Waals surface area (Å²) in [6, 6.07) is 12.2. The summed E-state index contributed by atoms with van der Waals surface area (Å²) in [5.74, 6) is 0.846. The molecule has 13 heavy (non-hydrogen) atoms. The zero-order valence-corrected chi connectivity index (χ0v) is 7.58. The van der Waals surface area contributed by atoms with Crippen LogP contribution in [0.5, 0.6) is 5.75 Å². The molecule has 0 saturated carbocycles. The number of rotatable bonds is 1. The van der Waals surface area contributed by atoms with E-state index < -0.39 is 0 Å². The summed E-state index contributed by atoms with van der Waals surface area (Å²) in [6.07, 6.45) is 0. The summed E-state index contributed by atoms with van der Waals surface area (Å²) in [5.41, 5.74) is 0.959. The third kappa shape index (κ3) is 1.22.